The molecule has 0 N–H and O–H groups in total. The summed E-state index contributed by atoms with van der Waals surface area (Å²) in [4.78, 5) is 22.8. The minimum atomic E-state index is -0.695. The number of esters is 1. The summed E-state index contributed by atoms with van der Waals surface area (Å²) in [5.74, 6) is -1.21. The van der Waals surface area contributed by atoms with Gasteiger partial charge in [0.2, 0.25) is 0 Å². The maximum atomic E-state index is 13.0. The van der Waals surface area contributed by atoms with Gasteiger partial charge in [-0.25, -0.2) is 4.39 Å². The Bertz CT molecular complexity index is 464. The molecule has 0 aromatic heterocycles. The highest BCUT2D eigenvalue weighted by Gasteiger charge is 2.21. The summed E-state index contributed by atoms with van der Waals surface area (Å²) < 4.78 is 17.5. The van der Waals surface area contributed by atoms with Gasteiger partial charge >= 0.3 is 5.97 Å². The Hall–Kier alpha value is -2.18. The van der Waals surface area contributed by atoms with E-state index in [1.165, 1.54) is 18.1 Å². The molecule has 6 nitrogen and oxygen atoms in total. The third-order valence-electron chi connectivity index (χ3n) is 2.40. The van der Waals surface area contributed by atoms with Crippen molar-refractivity contribution in [2.24, 2.45) is 0 Å². The highest BCUT2D eigenvalue weighted by Crippen LogP contribution is 2.28. The van der Waals surface area contributed by atoms with Gasteiger partial charge in [-0.15, -0.1) is 0 Å². The van der Waals surface area contributed by atoms with E-state index in [4.69, 9.17) is 0 Å². The van der Waals surface area contributed by atoms with E-state index >= 15 is 0 Å². The van der Waals surface area contributed by atoms with Crippen LogP contribution < -0.4 is 4.90 Å². The van der Waals surface area contributed by atoms with Crippen LogP contribution in [-0.2, 0) is 9.53 Å². The summed E-state index contributed by atoms with van der Waals surface area (Å²) in [6, 6.07) is 3.22. The van der Waals surface area contributed by atoms with Crippen molar-refractivity contribution in [1.29, 1.82) is 0 Å². The van der Waals surface area contributed by atoms with Crippen LogP contribution in [0.1, 0.15) is 6.92 Å². The van der Waals surface area contributed by atoms with Crippen LogP contribution in [0, 0.1) is 15.9 Å². The van der Waals surface area contributed by atoms with Gasteiger partial charge in [-0.1, -0.05) is 0 Å². The van der Waals surface area contributed by atoms with Crippen LogP contribution in [-0.4, -0.2) is 31.1 Å². The molecule has 1 rings (SSSR count). The van der Waals surface area contributed by atoms with E-state index in [1.54, 1.807) is 6.92 Å². The SMILES string of the molecule is CCN(CC(=O)OC)c1ccc(F)cc1[N+](=O)[O-]. The fourth-order valence-corrected chi connectivity index (χ4v) is 1.50. The van der Waals surface area contributed by atoms with Crippen molar-refractivity contribution >= 4 is 17.3 Å². The maximum Gasteiger partial charge on any atom is 0.325 e. The third kappa shape index (κ3) is 3.16. The zero-order valence-electron chi connectivity index (χ0n) is 10.1. The molecule has 0 aliphatic rings. The highest BCUT2D eigenvalue weighted by molar-refractivity contribution is 5.77. The lowest BCUT2D eigenvalue weighted by atomic mass is 10.2. The molecular weight excluding hydrogens is 243 g/mol. The van der Waals surface area contributed by atoms with Crippen LogP contribution in [0.15, 0.2) is 18.2 Å². The number of carbonyl (C=O) groups excluding carboxylic acids is 1. The Morgan fingerprint density at radius 1 is 1.56 bits per heavy atom. The Balaban J connectivity index is 3.12. The van der Waals surface area contributed by atoms with Gasteiger partial charge in [0.15, 0.2) is 0 Å². The largest absolute Gasteiger partial charge is 0.468 e. The number of nitro benzene ring substituents is 1. The third-order valence-corrected chi connectivity index (χ3v) is 2.40. The predicted molar refractivity (Wildman–Crippen MR) is 63.0 cm³/mol. The molecule has 0 aliphatic carbocycles. The van der Waals surface area contributed by atoms with Gasteiger partial charge < -0.3 is 9.64 Å². The van der Waals surface area contributed by atoms with E-state index in [9.17, 15) is 19.3 Å². The summed E-state index contributed by atoms with van der Waals surface area (Å²) >= 11 is 0. The number of nitrogens with zero attached hydrogens (tertiary/aromatic N) is 2. The number of anilines is 1. The van der Waals surface area contributed by atoms with E-state index in [0.29, 0.717) is 6.54 Å². The van der Waals surface area contributed by atoms with Crippen molar-refractivity contribution in [3.8, 4) is 0 Å². The molecule has 0 spiro atoms. The van der Waals surface area contributed by atoms with Crippen LogP contribution in [0.25, 0.3) is 0 Å². The molecule has 0 bridgehead atoms. The molecule has 18 heavy (non-hydrogen) atoms. The van der Waals surface area contributed by atoms with Crippen LogP contribution in [0.4, 0.5) is 15.8 Å². The van der Waals surface area contributed by atoms with E-state index < -0.39 is 16.7 Å². The van der Waals surface area contributed by atoms with E-state index in [1.807, 2.05) is 0 Å². The minimum Gasteiger partial charge on any atom is -0.468 e. The number of hydrogen-bond donors (Lipinski definition) is 0. The molecule has 0 amide bonds. The van der Waals surface area contributed by atoms with E-state index in [-0.39, 0.29) is 17.9 Å². The molecule has 0 unspecified atom stereocenters. The normalized spacial score (nSPS) is 9.94. The topological polar surface area (TPSA) is 72.7 Å². The second-order valence-corrected chi connectivity index (χ2v) is 3.48. The first-order valence-corrected chi connectivity index (χ1v) is 5.25. The number of hydrogen-bond acceptors (Lipinski definition) is 5. The lowest BCUT2D eigenvalue weighted by Gasteiger charge is -2.21. The number of benzene rings is 1. The van der Waals surface area contributed by atoms with Crippen molar-refractivity contribution in [1.82, 2.24) is 0 Å². The minimum absolute atomic E-state index is 0.126. The zero-order valence-corrected chi connectivity index (χ0v) is 10.1. The van der Waals surface area contributed by atoms with Gasteiger partial charge in [0, 0.05) is 6.54 Å². The van der Waals surface area contributed by atoms with Crippen molar-refractivity contribution in [3.05, 3.63) is 34.1 Å². The summed E-state index contributed by atoms with van der Waals surface area (Å²) in [5, 5.41) is 10.8. The zero-order chi connectivity index (χ0) is 13.7. The van der Waals surface area contributed by atoms with Crippen LogP contribution in [0.2, 0.25) is 0 Å². The van der Waals surface area contributed by atoms with Gasteiger partial charge in [-0.2, -0.15) is 0 Å². The molecule has 98 valence electrons. The van der Waals surface area contributed by atoms with Crippen LogP contribution in [0.3, 0.4) is 0 Å². The number of ether oxygens (including phenoxy) is 1. The second-order valence-electron chi connectivity index (χ2n) is 3.48. The van der Waals surface area contributed by atoms with Crippen molar-refractivity contribution in [2.45, 2.75) is 6.92 Å². The molecule has 0 fully saturated rings. The Labute approximate surface area is 103 Å². The van der Waals surface area contributed by atoms with Crippen molar-refractivity contribution in [3.63, 3.8) is 0 Å². The van der Waals surface area contributed by atoms with Gasteiger partial charge in [-0.05, 0) is 19.1 Å². The number of methoxy groups -OCH3 is 1. The average Bonchev–Trinajstić information content (AvgIpc) is 2.35. The van der Waals surface area contributed by atoms with Gasteiger partial charge in [-0.3, -0.25) is 14.9 Å². The first-order chi connectivity index (χ1) is 8.49. The first kappa shape index (κ1) is 13.9. The lowest BCUT2D eigenvalue weighted by molar-refractivity contribution is -0.384. The lowest BCUT2D eigenvalue weighted by Crippen LogP contribution is -2.30. The summed E-state index contributed by atoms with van der Waals surface area (Å²) in [7, 11) is 1.23. The molecule has 0 saturated carbocycles. The number of rotatable bonds is 5. The fraction of sp³-hybridized carbons (Fsp3) is 0.364. The van der Waals surface area contributed by atoms with Crippen LogP contribution >= 0.6 is 0 Å². The van der Waals surface area contributed by atoms with Gasteiger partial charge in [0.25, 0.3) is 5.69 Å². The number of carbonyl (C=O) groups is 1. The first-order valence-electron chi connectivity index (χ1n) is 5.25. The molecule has 0 saturated heterocycles. The summed E-state index contributed by atoms with van der Waals surface area (Å²) in [5.41, 5.74) is -0.185. The monoisotopic (exact) mass is 256 g/mol. The smallest absolute Gasteiger partial charge is 0.325 e. The molecule has 1 aromatic carbocycles. The van der Waals surface area contributed by atoms with Crippen LogP contribution in [0.5, 0.6) is 0 Å². The number of halogens is 1. The predicted octanol–water partition coefficient (Wildman–Crippen LogP) is 1.73. The standard InChI is InChI=1S/C11H13FN2O4/c1-3-13(7-11(15)18-2)9-5-4-8(12)6-10(9)14(16)17/h4-6H,3,7H2,1-2H3. The Morgan fingerprint density at radius 3 is 2.72 bits per heavy atom. The van der Waals surface area contributed by atoms with Gasteiger partial charge in [0.05, 0.1) is 18.1 Å². The maximum absolute atomic E-state index is 13.0. The van der Waals surface area contributed by atoms with E-state index in [0.717, 1.165) is 12.1 Å². The van der Waals surface area contributed by atoms with Crippen molar-refractivity contribution < 1.29 is 18.8 Å². The molecule has 0 heterocycles. The second kappa shape index (κ2) is 5.95. The van der Waals surface area contributed by atoms with E-state index in [2.05, 4.69) is 4.74 Å². The molecule has 0 atom stereocenters. The highest BCUT2D eigenvalue weighted by atomic mass is 19.1. The number of likely N-dealkylation sites (N-methyl/N-ethyl adjacent to an activating group) is 1. The summed E-state index contributed by atoms with van der Waals surface area (Å²) in [6.07, 6.45) is 0. The molecular formula is C11H13FN2O4. The Kier molecular flexibility index (Phi) is 4.59. The Morgan fingerprint density at radius 2 is 2.22 bits per heavy atom. The molecule has 0 aliphatic heterocycles. The average molecular weight is 256 g/mol. The molecule has 1 aromatic rings. The van der Waals surface area contributed by atoms with Gasteiger partial charge in [0.1, 0.15) is 18.0 Å². The molecule has 7 heteroatoms. The summed E-state index contributed by atoms with van der Waals surface area (Å²) in [6.45, 7) is 1.97. The quantitative estimate of drug-likeness (QED) is 0.455. The van der Waals surface area contributed by atoms with Crippen molar-refractivity contribution in [2.75, 3.05) is 25.1 Å². The molecule has 0 radical (unpaired) electrons. The fourth-order valence-electron chi connectivity index (χ4n) is 1.50. The number of nitro groups is 1.